The molecule has 0 unspecified atom stereocenters. The van der Waals surface area contributed by atoms with Crippen LogP contribution in [0.2, 0.25) is 0 Å². The van der Waals surface area contributed by atoms with Crippen molar-refractivity contribution in [2.24, 2.45) is 0 Å². The van der Waals surface area contributed by atoms with E-state index in [0.717, 1.165) is 33.9 Å². The zero-order chi connectivity index (χ0) is 22.5. The molecule has 31 heavy (non-hydrogen) atoms. The number of aromatic nitrogens is 4. The number of hydrogen-bond acceptors (Lipinski definition) is 5. The molecule has 0 spiro atoms. The van der Waals surface area contributed by atoms with E-state index in [-0.39, 0.29) is 12.3 Å². The topological polar surface area (TPSA) is 87.7 Å². The normalized spacial score (nSPS) is 10.5. The Morgan fingerprint density at radius 3 is 2.39 bits per heavy atom. The molecule has 0 aliphatic rings. The largest absolute Gasteiger partial charge is 0.334 e. The van der Waals surface area contributed by atoms with Crippen LogP contribution in [0.5, 0.6) is 0 Å². The van der Waals surface area contributed by atoms with E-state index < -0.39 is 0 Å². The van der Waals surface area contributed by atoms with Crippen molar-refractivity contribution >= 4 is 5.91 Å². The van der Waals surface area contributed by atoms with Gasteiger partial charge in [0.2, 0.25) is 5.91 Å². The van der Waals surface area contributed by atoms with Crippen LogP contribution in [0.3, 0.4) is 0 Å². The van der Waals surface area contributed by atoms with Gasteiger partial charge < -0.3 is 4.90 Å². The Hall–Kier alpha value is -3.79. The zero-order valence-corrected chi connectivity index (χ0v) is 18.4. The highest BCUT2D eigenvalue weighted by molar-refractivity contribution is 5.79. The molecule has 0 fully saturated rings. The summed E-state index contributed by atoms with van der Waals surface area (Å²) in [5, 5.41) is 13.6. The Kier molecular flexibility index (Phi) is 6.61. The third-order valence-corrected chi connectivity index (χ3v) is 5.09. The van der Waals surface area contributed by atoms with Crippen LogP contribution in [0.25, 0.3) is 5.95 Å². The van der Waals surface area contributed by atoms with Gasteiger partial charge >= 0.3 is 0 Å². The first kappa shape index (κ1) is 21.9. The van der Waals surface area contributed by atoms with E-state index in [2.05, 4.69) is 27.7 Å². The standard InChI is InChI=1S/C24H26N6O/c1-6-11-29(15-21-9-7-20(14-25)8-10-21)23(31)13-22-18(4)28-30(19(22)5)24-26-16(2)12-17(3)27-24/h6-10,12H,1,11,13,15H2,2-5H3. The summed E-state index contributed by atoms with van der Waals surface area (Å²) in [6.45, 7) is 12.3. The molecule has 0 aliphatic heterocycles. The molecule has 0 saturated heterocycles. The van der Waals surface area contributed by atoms with E-state index in [4.69, 9.17) is 5.26 Å². The van der Waals surface area contributed by atoms with Crippen LogP contribution in [0, 0.1) is 39.0 Å². The molecule has 7 nitrogen and oxygen atoms in total. The van der Waals surface area contributed by atoms with E-state index in [1.807, 2.05) is 45.9 Å². The van der Waals surface area contributed by atoms with Crippen molar-refractivity contribution in [2.75, 3.05) is 6.54 Å². The summed E-state index contributed by atoms with van der Waals surface area (Å²) in [4.78, 5) is 23.9. The molecule has 2 aromatic heterocycles. The molecule has 158 valence electrons. The predicted octanol–water partition coefficient (Wildman–Crippen LogP) is 3.52. The van der Waals surface area contributed by atoms with Gasteiger partial charge in [-0.2, -0.15) is 10.4 Å². The Morgan fingerprint density at radius 1 is 1.16 bits per heavy atom. The molecule has 1 amide bonds. The fourth-order valence-electron chi connectivity index (χ4n) is 3.51. The smallest absolute Gasteiger partial charge is 0.251 e. The number of aryl methyl sites for hydroxylation is 3. The molecule has 2 heterocycles. The molecular formula is C24H26N6O. The minimum Gasteiger partial charge on any atom is -0.334 e. The molecule has 0 aliphatic carbocycles. The van der Waals surface area contributed by atoms with Gasteiger partial charge in [-0.3, -0.25) is 4.79 Å². The highest BCUT2D eigenvalue weighted by Crippen LogP contribution is 2.19. The second-order valence-electron chi connectivity index (χ2n) is 7.56. The number of nitriles is 1. The third kappa shape index (κ3) is 5.04. The van der Waals surface area contributed by atoms with Gasteiger partial charge in [0.05, 0.1) is 23.7 Å². The molecule has 1 aromatic carbocycles. The summed E-state index contributed by atoms with van der Waals surface area (Å²) in [6, 6.07) is 11.3. The van der Waals surface area contributed by atoms with E-state index in [0.29, 0.717) is 24.6 Å². The Labute approximate surface area is 182 Å². The maximum atomic E-state index is 13.1. The van der Waals surface area contributed by atoms with Crippen molar-refractivity contribution in [3.05, 3.63) is 82.5 Å². The lowest BCUT2D eigenvalue weighted by atomic mass is 10.1. The maximum Gasteiger partial charge on any atom is 0.251 e. The maximum absolute atomic E-state index is 13.1. The quantitative estimate of drug-likeness (QED) is 0.552. The molecule has 7 heteroatoms. The summed E-state index contributed by atoms with van der Waals surface area (Å²) in [5.74, 6) is 0.494. The minimum atomic E-state index is -0.0173. The average molecular weight is 415 g/mol. The summed E-state index contributed by atoms with van der Waals surface area (Å²) in [6.07, 6.45) is 1.95. The summed E-state index contributed by atoms with van der Waals surface area (Å²) in [7, 11) is 0. The van der Waals surface area contributed by atoms with Crippen molar-refractivity contribution in [3.63, 3.8) is 0 Å². The van der Waals surface area contributed by atoms with E-state index in [1.165, 1.54) is 0 Å². The Balaban J connectivity index is 1.84. The summed E-state index contributed by atoms with van der Waals surface area (Å²) < 4.78 is 1.70. The first-order chi connectivity index (χ1) is 14.8. The third-order valence-electron chi connectivity index (χ3n) is 5.09. The zero-order valence-electron chi connectivity index (χ0n) is 18.4. The van der Waals surface area contributed by atoms with Crippen LogP contribution >= 0.6 is 0 Å². The number of carbonyl (C=O) groups is 1. The van der Waals surface area contributed by atoms with E-state index in [1.54, 1.807) is 27.8 Å². The lowest BCUT2D eigenvalue weighted by Crippen LogP contribution is -2.32. The van der Waals surface area contributed by atoms with Crippen LogP contribution in [0.4, 0.5) is 0 Å². The average Bonchev–Trinajstić information content (AvgIpc) is 3.01. The molecule has 3 rings (SSSR count). The molecule has 0 bridgehead atoms. The summed E-state index contributed by atoms with van der Waals surface area (Å²) >= 11 is 0. The van der Waals surface area contributed by atoms with Crippen LogP contribution in [0.15, 0.2) is 43.0 Å². The van der Waals surface area contributed by atoms with Gasteiger partial charge in [-0.15, -0.1) is 6.58 Å². The second kappa shape index (κ2) is 9.35. The monoisotopic (exact) mass is 414 g/mol. The number of amides is 1. The Bertz CT molecular complexity index is 1130. The van der Waals surface area contributed by atoms with Gasteiger partial charge in [0.1, 0.15) is 0 Å². The molecule has 0 saturated carbocycles. The van der Waals surface area contributed by atoms with Crippen LogP contribution in [0.1, 0.15) is 39.5 Å². The lowest BCUT2D eigenvalue weighted by molar-refractivity contribution is -0.130. The first-order valence-corrected chi connectivity index (χ1v) is 10.1. The van der Waals surface area contributed by atoms with Crippen LogP contribution in [-0.2, 0) is 17.8 Å². The van der Waals surface area contributed by atoms with Crippen molar-refractivity contribution < 1.29 is 4.79 Å². The molecule has 0 atom stereocenters. The predicted molar refractivity (Wildman–Crippen MR) is 119 cm³/mol. The molecule has 0 radical (unpaired) electrons. The van der Waals surface area contributed by atoms with Crippen molar-refractivity contribution in [1.82, 2.24) is 24.6 Å². The highest BCUT2D eigenvalue weighted by atomic mass is 16.2. The van der Waals surface area contributed by atoms with Crippen molar-refractivity contribution in [1.29, 1.82) is 5.26 Å². The van der Waals surface area contributed by atoms with Gasteiger partial charge in [0.25, 0.3) is 5.95 Å². The van der Waals surface area contributed by atoms with Crippen molar-refractivity contribution in [2.45, 2.75) is 40.7 Å². The van der Waals surface area contributed by atoms with E-state index >= 15 is 0 Å². The molecular weight excluding hydrogens is 388 g/mol. The second-order valence-corrected chi connectivity index (χ2v) is 7.56. The fourth-order valence-corrected chi connectivity index (χ4v) is 3.51. The first-order valence-electron chi connectivity index (χ1n) is 10.1. The van der Waals surface area contributed by atoms with Gasteiger partial charge in [-0.25, -0.2) is 14.6 Å². The molecule has 0 N–H and O–H groups in total. The SMILES string of the molecule is C=CCN(Cc1ccc(C#N)cc1)C(=O)Cc1c(C)nn(-c2nc(C)cc(C)n2)c1C. The van der Waals surface area contributed by atoms with Crippen molar-refractivity contribution in [3.8, 4) is 12.0 Å². The number of carbonyl (C=O) groups excluding carboxylic acids is 1. The number of rotatable bonds is 7. The van der Waals surface area contributed by atoms with Crippen LogP contribution < -0.4 is 0 Å². The van der Waals surface area contributed by atoms with Crippen LogP contribution in [-0.4, -0.2) is 37.1 Å². The fraction of sp³-hybridized carbons (Fsp3) is 0.292. The van der Waals surface area contributed by atoms with Gasteiger partial charge in [-0.05, 0) is 51.5 Å². The van der Waals surface area contributed by atoms with Gasteiger partial charge in [-0.1, -0.05) is 18.2 Å². The van der Waals surface area contributed by atoms with Gasteiger partial charge in [0, 0.05) is 35.7 Å². The number of nitrogens with zero attached hydrogens (tertiary/aromatic N) is 6. The number of benzene rings is 1. The number of hydrogen-bond donors (Lipinski definition) is 0. The van der Waals surface area contributed by atoms with Gasteiger partial charge in [0.15, 0.2) is 0 Å². The molecule has 3 aromatic rings. The Morgan fingerprint density at radius 2 is 1.81 bits per heavy atom. The lowest BCUT2D eigenvalue weighted by Gasteiger charge is -2.21. The summed E-state index contributed by atoms with van der Waals surface area (Å²) in [5.41, 5.74) is 5.80. The van der Waals surface area contributed by atoms with E-state index in [9.17, 15) is 4.79 Å². The minimum absolute atomic E-state index is 0.0173. The highest BCUT2D eigenvalue weighted by Gasteiger charge is 2.21.